The Morgan fingerprint density at radius 3 is 2.73 bits per heavy atom. The van der Waals surface area contributed by atoms with Gasteiger partial charge in [0.15, 0.2) is 0 Å². The molecule has 0 aliphatic carbocycles. The first-order valence-corrected chi connectivity index (χ1v) is 4.91. The first kappa shape index (κ1) is 10.0. The predicted octanol–water partition coefficient (Wildman–Crippen LogP) is 1.21. The maximum absolute atomic E-state index is 5.88. The first-order valence-electron chi connectivity index (χ1n) is 4.54. The number of aromatic nitrogens is 4. The van der Waals surface area contributed by atoms with Crippen LogP contribution in [0, 0.1) is 6.92 Å². The van der Waals surface area contributed by atoms with Gasteiger partial charge in [0.2, 0.25) is 0 Å². The van der Waals surface area contributed by atoms with Gasteiger partial charge in [-0.3, -0.25) is 9.36 Å². The van der Waals surface area contributed by atoms with Gasteiger partial charge in [-0.15, -0.1) is 0 Å². The molecule has 0 radical (unpaired) electrons. The average molecular weight is 226 g/mol. The number of nitrogens with zero attached hydrogens (tertiary/aromatic N) is 4. The maximum Gasteiger partial charge on any atom is 0.126 e. The van der Waals surface area contributed by atoms with Crippen molar-refractivity contribution in [3.8, 4) is 0 Å². The zero-order valence-electron chi connectivity index (χ0n) is 8.61. The molecule has 0 aromatic carbocycles. The van der Waals surface area contributed by atoms with Crippen LogP contribution in [-0.2, 0) is 13.6 Å². The minimum absolute atomic E-state index is 0.595. The highest BCUT2D eigenvalue weighted by Crippen LogP contribution is 2.17. The summed E-state index contributed by atoms with van der Waals surface area (Å²) in [6.45, 7) is 2.52. The second-order valence-electron chi connectivity index (χ2n) is 3.43. The highest BCUT2D eigenvalue weighted by molar-refractivity contribution is 6.30. The molecule has 0 saturated carbocycles. The van der Waals surface area contributed by atoms with Crippen LogP contribution in [0.4, 0.5) is 5.82 Å². The molecule has 0 atom stereocenters. The number of hydrogen-bond acceptors (Lipinski definition) is 3. The van der Waals surface area contributed by atoms with Crippen molar-refractivity contribution in [3.05, 3.63) is 28.7 Å². The average Bonchev–Trinajstić information content (AvgIpc) is 2.67. The van der Waals surface area contributed by atoms with E-state index in [1.165, 1.54) is 0 Å². The van der Waals surface area contributed by atoms with Crippen LogP contribution in [0.3, 0.4) is 0 Å². The van der Waals surface area contributed by atoms with Gasteiger partial charge in [-0.05, 0) is 6.92 Å². The molecule has 2 N–H and O–H groups in total. The molecule has 2 aromatic rings. The van der Waals surface area contributed by atoms with E-state index in [-0.39, 0.29) is 0 Å². The molecule has 15 heavy (non-hydrogen) atoms. The first-order chi connectivity index (χ1) is 7.08. The molecule has 2 aromatic heterocycles. The van der Waals surface area contributed by atoms with Crippen LogP contribution in [0.1, 0.15) is 11.3 Å². The van der Waals surface area contributed by atoms with E-state index in [0.717, 1.165) is 11.3 Å². The van der Waals surface area contributed by atoms with Gasteiger partial charge in [0.05, 0.1) is 23.5 Å². The van der Waals surface area contributed by atoms with Gasteiger partial charge >= 0.3 is 0 Å². The lowest BCUT2D eigenvalue weighted by molar-refractivity contribution is 0.685. The van der Waals surface area contributed by atoms with Crippen molar-refractivity contribution in [3.63, 3.8) is 0 Å². The summed E-state index contributed by atoms with van der Waals surface area (Å²) in [7, 11) is 1.82. The summed E-state index contributed by atoms with van der Waals surface area (Å²) < 4.78 is 3.40. The molecule has 6 heteroatoms. The third-order valence-corrected chi connectivity index (χ3v) is 2.51. The van der Waals surface area contributed by atoms with Crippen LogP contribution in [-0.4, -0.2) is 19.6 Å². The third kappa shape index (κ3) is 1.83. The summed E-state index contributed by atoms with van der Waals surface area (Å²) in [6, 6.07) is 0. The fourth-order valence-electron chi connectivity index (χ4n) is 1.50. The molecule has 5 nitrogen and oxygen atoms in total. The van der Waals surface area contributed by atoms with Crippen molar-refractivity contribution in [1.82, 2.24) is 19.6 Å². The Bertz CT molecular complexity index is 485. The van der Waals surface area contributed by atoms with Gasteiger partial charge in [-0.25, -0.2) is 0 Å². The number of aryl methyl sites for hydroxylation is 2. The molecule has 0 amide bonds. The minimum atomic E-state index is 0.595. The molecular weight excluding hydrogens is 214 g/mol. The van der Waals surface area contributed by atoms with Gasteiger partial charge in [-0.1, -0.05) is 11.6 Å². The highest BCUT2D eigenvalue weighted by atomic mass is 35.5. The number of nitrogen functional groups attached to an aromatic ring is 1. The normalized spacial score (nSPS) is 10.9. The molecule has 0 aliphatic heterocycles. The van der Waals surface area contributed by atoms with E-state index in [1.54, 1.807) is 21.8 Å². The zero-order chi connectivity index (χ0) is 11.0. The largest absolute Gasteiger partial charge is 0.384 e. The Hall–Kier alpha value is -1.49. The summed E-state index contributed by atoms with van der Waals surface area (Å²) >= 11 is 5.78. The van der Waals surface area contributed by atoms with Crippen molar-refractivity contribution >= 4 is 17.4 Å². The van der Waals surface area contributed by atoms with Crippen molar-refractivity contribution in [2.24, 2.45) is 7.05 Å². The summed E-state index contributed by atoms with van der Waals surface area (Å²) in [5.74, 6) is 0.666. The molecule has 2 heterocycles. The fraction of sp³-hybridized carbons (Fsp3) is 0.333. The molecule has 2 rings (SSSR count). The van der Waals surface area contributed by atoms with E-state index in [9.17, 15) is 0 Å². The van der Waals surface area contributed by atoms with Crippen LogP contribution in [0.5, 0.6) is 0 Å². The fourth-order valence-corrected chi connectivity index (χ4v) is 1.66. The lowest BCUT2D eigenvalue weighted by Gasteiger charge is -2.01. The number of anilines is 1. The van der Waals surface area contributed by atoms with Gasteiger partial charge in [0.1, 0.15) is 5.82 Å². The van der Waals surface area contributed by atoms with Gasteiger partial charge in [0.25, 0.3) is 0 Å². The van der Waals surface area contributed by atoms with E-state index >= 15 is 0 Å². The smallest absolute Gasteiger partial charge is 0.126 e. The monoisotopic (exact) mass is 225 g/mol. The van der Waals surface area contributed by atoms with Crippen LogP contribution in [0.25, 0.3) is 0 Å². The van der Waals surface area contributed by atoms with E-state index in [2.05, 4.69) is 10.2 Å². The Labute approximate surface area is 92.4 Å². The molecular formula is C9H12ClN5. The summed E-state index contributed by atoms with van der Waals surface area (Å²) in [6.07, 6.45) is 3.36. The Morgan fingerprint density at radius 1 is 1.53 bits per heavy atom. The van der Waals surface area contributed by atoms with Crippen molar-refractivity contribution in [2.75, 3.05) is 5.73 Å². The number of halogens is 1. The molecule has 80 valence electrons. The second kappa shape index (κ2) is 3.58. The molecule has 0 spiro atoms. The summed E-state index contributed by atoms with van der Waals surface area (Å²) in [5, 5.41) is 8.95. The number of nitrogens with two attached hydrogens (primary N) is 1. The zero-order valence-corrected chi connectivity index (χ0v) is 9.36. The van der Waals surface area contributed by atoms with E-state index in [1.807, 2.05) is 14.0 Å². The lowest BCUT2D eigenvalue weighted by Crippen LogP contribution is -2.04. The van der Waals surface area contributed by atoms with Crippen LogP contribution >= 0.6 is 11.6 Å². The third-order valence-electron chi connectivity index (χ3n) is 2.32. The van der Waals surface area contributed by atoms with E-state index in [0.29, 0.717) is 17.4 Å². The van der Waals surface area contributed by atoms with E-state index < -0.39 is 0 Å². The topological polar surface area (TPSA) is 61.7 Å². The summed E-state index contributed by atoms with van der Waals surface area (Å²) in [5.41, 5.74) is 7.79. The molecule has 0 unspecified atom stereocenters. The molecule has 0 saturated heterocycles. The molecule has 0 fully saturated rings. The maximum atomic E-state index is 5.88. The Morgan fingerprint density at radius 2 is 2.27 bits per heavy atom. The van der Waals surface area contributed by atoms with Crippen molar-refractivity contribution < 1.29 is 0 Å². The van der Waals surface area contributed by atoms with Gasteiger partial charge in [-0.2, -0.15) is 10.2 Å². The molecule has 0 bridgehead atoms. The SMILES string of the molecule is Cc1nn(C)c(N)c1Cn1cc(Cl)cn1. The standard InChI is InChI=1S/C9H12ClN5/c1-6-8(9(11)14(2)13-6)5-15-4-7(10)3-12-15/h3-4H,5,11H2,1-2H3. The Kier molecular flexibility index (Phi) is 2.40. The number of rotatable bonds is 2. The van der Waals surface area contributed by atoms with Gasteiger partial charge in [0, 0.05) is 18.8 Å². The predicted molar refractivity (Wildman–Crippen MR) is 58.7 cm³/mol. The Balaban J connectivity index is 2.31. The van der Waals surface area contributed by atoms with Crippen molar-refractivity contribution in [2.45, 2.75) is 13.5 Å². The van der Waals surface area contributed by atoms with E-state index in [4.69, 9.17) is 17.3 Å². The number of hydrogen-bond donors (Lipinski definition) is 1. The van der Waals surface area contributed by atoms with Crippen LogP contribution < -0.4 is 5.73 Å². The lowest BCUT2D eigenvalue weighted by atomic mass is 10.2. The van der Waals surface area contributed by atoms with Crippen LogP contribution in [0.2, 0.25) is 5.02 Å². The second-order valence-corrected chi connectivity index (χ2v) is 3.87. The quantitative estimate of drug-likeness (QED) is 0.836. The molecule has 0 aliphatic rings. The van der Waals surface area contributed by atoms with Gasteiger partial charge < -0.3 is 5.73 Å². The van der Waals surface area contributed by atoms with Crippen molar-refractivity contribution in [1.29, 1.82) is 0 Å². The summed E-state index contributed by atoms with van der Waals surface area (Å²) in [4.78, 5) is 0. The minimum Gasteiger partial charge on any atom is -0.384 e. The van der Waals surface area contributed by atoms with Crippen LogP contribution in [0.15, 0.2) is 12.4 Å². The highest BCUT2D eigenvalue weighted by Gasteiger charge is 2.10.